The van der Waals surface area contributed by atoms with E-state index >= 15 is 0 Å². The lowest BCUT2D eigenvalue weighted by Crippen LogP contribution is -2.52. The first-order chi connectivity index (χ1) is 16.9. The summed E-state index contributed by atoms with van der Waals surface area (Å²) in [5.41, 5.74) is 6.21. The fraction of sp³-hybridized carbons (Fsp3) is 0.273. The van der Waals surface area contributed by atoms with Gasteiger partial charge in [0.05, 0.1) is 54.0 Å². The van der Waals surface area contributed by atoms with Crippen LogP contribution in [0.5, 0.6) is 0 Å². The molecule has 5 rings (SSSR count). The second-order valence-electron chi connectivity index (χ2n) is 8.16. The smallest absolute Gasteiger partial charge is 0.382 e. The van der Waals surface area contributed by atoms with E-state index in [0.717, 1.165) is 17.0 Å². The normalized spacial score (nSPS) is 19.2. The van der Waals surface area contributed by atoms with Crippen LogP contribution in [0.4, 0.5) is 32.2 Å². The van der Waals surface area contributed by atoms with Gasteiger partial charge in [-0.1, -0.05) is 0 Å². The van der Waals surface area contributed by atoms with E-state index in [4.69, 9.17) is 10.5 Å². The van der Waals surface area contributed by atoms with Crippen molar-refractivity contribution in [2.45, 2.75) is 24.5 Å². The van der Waals surface area contributed by atoms with Crippen molar-refractivity contribution in [3.8, 4) is 0 Å². The van der Waals surface area contributed by atoms with Gasteiger partial charge in [0.15, 0.2) is 6.10 Å². The van der Waals surface area contributed by atoms with E-state index in [1.807, 2.05) is 0 Å². The van der Waals surface area contributed by atoms with E-state index in [9.17, 15) is 31.1 Å². The molecule has 8 nitrogen and oxygen atoms in total. The zero-order chi connectivity index (χ0) is 25.8. The number of pyridine rings is 1. The van der Waals surface area contributed by atoms with Crippen LogP contribution < -0.4 is 5.73 Å². The fourth-order valence-electron chi connectivity index (χ4n) is 4.07. The molecule has 3 aromatic heterocycles. The molecule has 2 unspecified atom stereocenters. The maximum atomic E-state index is 13.5. The van der Waals surface area contributed by atoms with Gasteiger partial charge < -0.3 is 15.4 Å². The summed E-state index contributed by atoms with van der Waals surface area (Å²) in [4.78, 5) is 26.4. The zero-order valence-electron chi connectivity index (χ0n) is 18.1. The molecule has 0 saturated carbocycles. The monoisotopic (exact) mass is 510 g/mol. The Bertz CT molecular complexity index is 1450. The van der Waals surface area contributed by atoms with Crippen molar-refractivity contribution in [2.24, 2.45) is 0 Å². The van der Waals surface area contributed by atoms with Crippen molar-refractivity contribution in [1.82, 2.24) is 24.3 Å². The Morgan fingerprint density at radius 3 is 2.50 bits per heavy atom. The number of carbonyl (C=O) groups is 1. The second-order valence-corrected chi connectivity index (χ2v) is 8.16. The van der Waals surface area contributed by atoms with Crippen LogP contribution in [0, 0.1) is 0 Å². The number of nitrogens with two attached hydrogens (primary N) is 1. The number of imidazole rings is 1. The van der Waals surface area contributed by atoms with Crippen LogP contribution in [0.3, 0.4) is 0 Å². The number of carbonyl (C=O) groups excluding carboxylic acids is 1. The van der Waals surface area contributed by atoms with Crippen LogP contribution >= 0.6 is 0 Å². The quantitative estimate of drug-likeness (QED) is 0.409. The average Bonchev–Trinajstić information content (AvgIpc) is 3.33. The molecule has 2 N–H and O–H groups in total. The minimum Gasteiger partial charge on any atom is -0.382 e. The number of rotatable bonds is 2. The van der Waals surface area contributed by atoms with Crippen molar-refractivity contribution < 1.29 is 35.9 Å². The number of ether oxygens (including phenoxy) is 1. The maximum Gasteiger partial charge on any atom is 0.417 e. The SMILES string of the molecule is Nc1nc2ccc(C(=O)N3CC(C(F)(F)F)OCC3c3ccc(C(F)(F)F)cn3)cc2n2cncc12. The van der Waals surface area contributed by atoms with Gasteiger partial charge in [-0.2, -0.15) is 26.3 Å². The molecular formula is C22H16F6N6O2. The van der Waals surface area contributed by atoms with Gasteiger partial charge in [-0.3, -0.25) is 14.2 Å². The molecule has 0 aliphatic carbocycles. The Morgan fingerprint density at radius 2 is 1.83 bits per heavy atom. The van der Waals surface area contributed by atoms with Crippen LogP contribution in [-0.2, 0) is 10.9 Å². The Balaban J connectivity index is 1.55. The number of hydrogen-bond donors (Lipinski definition) is 1. The van der Waals surface area contributed by atoms with Crippen molar-refractivity contribution in [1.29, 1.82) is 0 Å². The molecule has 14 heteroatoms. The van der Waals surface area contributed by atoms with Gasteiger partial charge in [0, 0.05) is 11.8 Å². The molecule has 4 aromatic rings. The fourth-order valence-corrected chi connectivity index (χ4v) is 4.07. The third-order valence-corrected chi connectivity index (χ3v) is 5.90. The molecule has 1 aliphatic heterocycles. The molecule has 1 saturated heterocycles. The van der Waals surface area contributed by atoms with Gasteiger partial charge in [0.25, 0.3) is 5.91 Å². The van der Waals surface area contributed by atoms with Crippen LogP contribution in [-0.4, -0.2) is 55.6 Å². The summed E-state index contributed by atoms with van der Waals surface area (Å²) in [6.07, 6.45) is -8.19. The lowest BCUT2D eigenvalue weighted by atomic mass is 10.0. The van der Waals surface area contributed by atoms with Gasteiger partial charge in [-0.05, 0) is 30.3 Å². The highest BCUT2D eigenvalue weighted by molar-refractivity contribution is 5.98. The maximum absolute atomic E-state index is 13.5. The predicted molar refractivity (Wildman–Crippen MR) is 114 cm³/mol. The number of anilines is 1. The molecule has 188 valence electrons. The first-order valence-corrected chi connectivity index (χ1v) is 10.5. The Kier molecular flexibility index (Phi) is 5.50. The van der Waals surface area contributed by atoms with Gasteiger partial charge >= 0.3 is 12.4 Å². The Hall–Kier alpha value is -3.94. The largest absolute Gasteiger partial charge is 0.417 e. The van der Waals surface area contributed by atoms with Crippen LogP contribution in [0.15, 0.2) is 49.1 Å². The van der Waals surface area contributed by atoms with Gasteiger partial charge in [0.1, 0.15) is 11.3 Å². The third kappa shape index (κ3) is 4.17. The number of fused-ring (bicyclic) bond motifs is 3. The number of nitrogen functional groups attached to an aromatic ring is 1. The highest BCUT2D eigenvalue weighted by Gasteiger charge is 2.47. The number of benzene rings is 1. The molecule has 1 fully saturated rings. The molecule has 1 aromatic carbocycles. The Labute approximate surface area is 198 Å². The second kappa shape index (κ2) is 8.33. The summed E-state index contributed by atoms with van der Waals surface area (Å²) in [6, 6.07) is 4.94. The van der Waals surface area contributed by atoms with Crippen molar-refractivity contribution in [3.05, 3.63) is 65.9 Å². The summed E-state index contributed by atoms with van der Waals surface area (Å²) in [5.74, 6) is -0.583. The summed E-state index contributed by atoms with van der Waals surface area (Å²) >= 11 is 0. The minimum absolute atomic E-state index is 0.0313. The summed E-state index contributed by atoms with van der Waals surface area (Å²) in [5, 5.41) is 0. The standard InChI is InChI=1S/C22H16F6N6O2/c23-21(24,25)12-2-4-13(31-6-12)17-9-36-18(22(26,27)28)8-33(17)20(35)11-1-3-14-15(5-11)34-10-30-7-16(34)19(29)32-14/h1-7,10,17-18H,8-9H2,(H2,29,32). The van der Waals surface area contributed by atoms with E-state index < -0.39 is 49.1 Å². The van der Waals surface area contributed by atoms with Crippen molar-refractivity contribution in [2.75, 3.05) is 18.9 Å². The molecule has 0 bridgehead atoms. The number of halogens is 6. The summed E-state index contributed by atoms with van der Waals surface area (Å²) in [6.45, 7) is -1.47. The molecule has 36 heavy (non-hydrogen) atoms. The predicted octanol–water partition coefficient (Wildman–Crippen LogP) is 4.02. The topological polar surface area (TPSA) is 98.6 Å². The zero-order valence-corrected chi connectivity index (χ0v) is 18.1. The Morgan fingerprint density at radius 1 is 1.06 bits per heavy atom. The molecular weight excluding hydrogens is 494 g/mol. The van der Waals surface area contributed by atoms with Gasteiger partial charge in [-0.15, -0.1) is 0 Å². The van der Waals surface area contributed by atoms with E-state index in [-0.39, 0.29) is 17.1 Å². The van der Waals surface area contributed by atoms with Gasteiger partial charge in [-0.25, -0.2) is 9.97 Å². The van der Waals surface area contributed by atoms with Crippen LogP contribution in [0.25, 0.3) is 16.6 Å². The van der Waals surface area contributed by atoms with E-state index in [0.29, 0.717) is 22.7 Å². The van der Waals surface area contributed by atoms with E-state index in [1.165, 1.54) is 30.7 Å². The molecule has 2 atom stereocenters. The van der Waals surface area contributed by atoms with Crippen molar-refractivity contribution in [3.63, 3.8) is 0 Å². The van der Waals surface area contributed by atoms with Crippen molar-refractivity contribution >= 4 is 28.3 Å². The van der Waals surface area contributed by atoms with Crippen LogP contribution in [0.2, 0.25) is 0 Å². The first kappa shape index (κ1) is 23.8. The molecule has 0 radical (unpaired) electrons. The number of nitrogens with zero attached hydrogens (tertiary/aromatic N) is 5. The number of amides is 1. The molecule has 0 spiro atoms. The highest BCUT2D eigenvalue weighted by atomic mass is 19.4. The molecule has 1 aliphatic rings. The average molecular weight is 510 g/mol. The molecule has 1 amide bonds. The first-order valence-electron chi connectivity index (χ1n) is 10.5. The van der Waals surface area contributed by atoms with E-state index in [1.54, 1.807) is 4.40 Å². The third-order valence-electron chi connectivity index (χ3n) is 5.90. The number of aromatic nitrogens is 4. The minimum atomic E-state index is -4.76. The highest BCUT2D eigenvalue weighted by Crippen LogP contribution is 2.35. The van der Waals surface area contributed by atoms with Crippen LogP contribution in [0.1, 0.15) is 27.7 Å². The number of alkyl halides is 6. The lowest BCUT2D eigenvalue weighted by Gasteiger charge is -2.40. The lowest BCUT2D eigenvalue weighted by molar-refractivity contribution is -0.240. The summed E-state index contributed by atoms with van der Waals surface area (Å²) in [7, 11) is 0. The van der Waals surface area contributed by atoms with Gasteiger partial charge in [0.2, 0.25) is 0 Å². The van der Waals surface area contributed by atoms with E-state index in [2.05, 4.69) is 15.0 Å². The number of hydrogen-bond acceptors (Lipinski definition) is 6. The molecule has 4 heterocycles. The summed E-state index contributed by atoms with van der Waals surface area (Å²) < 4.78 is 85.7. The number of morpholine rings is 1.